The fourth-order valence-electron chi connectivity index (χ4n) is 4.67. The summed E-state index contributed by atoms with van der Waals surface area (Å²) in [4.78, 5) is 31.0. The van der Waals surface area contributed by atoms with Gasteiger partial charge in [-0.05, 0) is 80.6 Å². The van der Waals surface area contributed by atoms with Crippen molar-refractivity contribution < 1.29 is 14.3 Å². The standard InChI is InChI=1S/C34H47N3O3/c1-6-9-21-36(34(39)29-17-19-32(20-18-29)40-23-10-7-2)26-33(38)37(28(5)8-3)25-31-16-13-22-35(31)24-30-15-12-11-14-27(30)4/h11-20,22,28H,6-10,21,23-26H2,1-5H3. The van der Waals surface area contributed by atoms with E-state index in [1.54, 1.807) is 17.0 Å². The Morgan fingerprint density at radius 2 is 1.65 bits per heavy atom. The first-order valence-corrected chi connectivity index (χ1v) is 14.9. The van der Waals surface area contributed by atoms with E-state index in [1.165, 1.54) is 11.1 Å². The number of carbonyl (C=O) groups excluding carboxylic acids is 2. The first kappa shape index (κ1) is 31.0. The summed E-state index contributed by atoms with van der Waals surface area (Å²) in [6.45, 7) is 13.1. The molecule has 0 aliphatic rings. The van der Waals surface area contributed by atoms with Crippen LogP contribution < -0.4 is 4.74 Å². The van der Waals surface area contributed by atoms with Crippen molar-refractivity contribution in [1.82, 2.24) is 14.4 Å². The van der Waals surface area contributed by atoms with Gasteiger partial charge in [0.1, 0.15) is 12.3 Å². The van der Waals surface area contributed by atoms with Gasteiger partial charge in [0, 0.05) is 36.6 Å². The van der Waals surface area contributed by atoms with Crippen LogP contribution >= 0.6 is 0 Å². The molecule has 2 aromatic carbocycles. The maximum absolute atomic E-state index is 13.8. The fraction of sp³-hybridized carbons (Fsp3) is 0.471. The Balaban J connectivity index is 1.75. The summed E-state index contributed by atoms with van der Waals surface area (Å²) in [5.74, 6) is 0.619. The van der Waals surface area contributed by atoms with Gasteiger partial charge in [0.05, 0.1) is 13.2 Å². The minimum absolute atomic E-state index is 0.0260. The summed E-state index contributed by atoms with van der Waals surface area (Å²) in [6, 6.07) is 19.9. The molecule has 0 spiro atoms. The molecule has 0 N–H and O–H groups in total. The predicted octanol–water partition coefficient (Wildman–Crippen LogP) is 7.09. The summed E-state index contributed by atoms with van der Waals surface area (Å²) < 4.78 is 7.97. The van der Waals surface area contributed by atoms with Crippen LogP contribution in [0.25, 0.3) is 0 Å². The number of carbonyl (C=O) groups is 2. The van der Waals surface area contributed by atoms with Crippen molar-refractivity contribution >= 4 is 11.8 Å². The molecule has 0 bridgehead atoms. The molecular formula is C34H47N3O3. The van der Waals surface area contributed by atoms with E-state index < -0.39 is 0 Å². The predicted molar refractivity (Wildman–Crippen MR) is 163 cm³/mol. The number of unbranched alkanes of at least 4 members (excludes halogenated alkanes) is 2. The number of nitrogens with zero attached hydrogens (tertiary/aromatic N) is 3. The highest BCUT2D eigenvalue weighted by Crippen LogP contribution is 2.18. The summed E-state index contributed by atoms with van der Waals surface area (Å²) in [6.07, 6.45) is 6.78. The highest BCUT2D eigenvalue weighted by molar-refractivity contribution is 5.96. The van der Waals surface area contributed by atoms with Gasteiger partial charge >= 0.3 is 0 Å². The third kappa shape index (κ3) is 8.73. The monoisotopic (exact) mass is 545 g/mol. The number of hydrogen-bond acceptors (Lipinski definition) is 3. The van der Waals surface area contributed by atoms with E-state index >= 15 is 0 Å². The fourth-order valence-corrected chi connectivity index (χ4v) is 4.67. The molecular weight excluding hydrogens is 498 g/mol. The van der Waals surface area contributed by atoms with E-state index in [1.807, 2.05) is 23.1 Å². The lowest BCUT2D eigenvalue weighted by Crippen LogP contribution is -2.46. The van der Waals surface area contributed by atoms with E-state index in [0.717, 1.165) is 50.1 Å². The molecule has 0 saturated carbocycles. The van der Waals surface area contributed by atoms with Gasteiger partial charge in [-0.3, -0.25) is 9.59 Å². The number of aromatic nitrogens is 1. The van der Waals surface area contributed by atoms with Crippen molar-refractivity contribution in [3.8, 4) is 5.75 Å². The Kier molecular flexibility index (Phi) is 12.3. The van der Waals surface area contributed by atoms with E-state index in [-0.39, 0.29) is 24.4 Å². The Morgan fingerprint density at radius 3 is 2.33 bits per heavy atom. The third-order valence-corrected chi connectivity index (χ3v) is 7.56. The van der Waals surface area contributed by atoms with Crippen molar-refractivity contribution in [1.29, 1.82) is 0 Å². The van der Waals surface area contributed by atoms with Gasteiger partial charge in [-0.15, -0.1) is 0 Å². The molecule has 1 aromatic heterocycles. The third-order valence-electron chi connectivity index (χ3n) is 7.56. The van der Waals surface area contributed by atoms with Crippen LogP contribution in [-0.2, 0) is 17.9 Å². The number of amides is 2. The average molecular weight is 546 g/mol. The maximum Gasteiger partial charge on any atom is 0.254 e. The molecule has 6 nitrogen and oxygen atoms in total. The molecule has 6 heteroatoms. The highest BCUT2D eigenvalue weighted by atomic mass is 16.5. The maximum atomic E-state index is 13.8. The quantitative estimate of drug-likeness (QED) is 0.181. The summed E-state index contributed by atoms with van der Waals surface area (Å²) >= 11 is 0. The Bertz CT molecular complexity index is 1200. The van der Waals surface area contributed by atoms with Crippen LogP contribution in [0.4, 0.5) is 0 Å². The minimum Gasteiger partial charge on any atom is -0.494 e. The molecule has 3 aromatic rings. The highest BCUT2D eigenvalue weighted by Gasteiger charge is 2.25. The van der Waals surface area contributed by atoms with Crippen LogP contribution in [-0.4, -0.2) is 51.9 Å². The van der Waals surface area contributed by atoms with Gasteiger partial charge in [0.2, 0.25) is 5.91 Å². The number of aryl methyl sites for hydroxylation is 1. The molecule has 0 saturated heterocycles. The second-order valence-electron chi connectivity index (χ2n) is 10.6. The Morgan fingerprint density at radius 1 is 0.925 bits per heavy atom. The van der Waals surface area contributed by atoms with Gasteiger partial charge in [0.25, 0.3) is 5.91 Å². The van der Waals surface area contributed by atoms with E-state index in [2.05, 4.69) is 75.7 Å². The molecule has 3 rings (SSSR count). The molecule has 1 atom stereocenters. The average Bonchev–Trinajstić information content (AvgIpc) is 3.41. The van der Waals surface area contributed by atoms with Gasteiger partial charge in [-0.25, -0.2) is 0 Å². The van der Waals surface area contributed by atoms with Crippen LogP contribution in [0.15, 0.2) is 66.9 Å². The van der Waals surface area contributed by atoms with Gasteiger partial charge in [0.15, 0.2) is 0 Å². The Hall–Kier alpha value is -3.54. The normalized spacial score (nSPS) is 11.7. The van der Waals surface area contributed by atoms with Crippen molar-refractivity contribution in [2.45, 2.75) is 85.9 Å². The van der Waals surface area contributed by atoms with Crippen LogP contribution in [0.5, 0.6) is 5.75 Å². The molecule has 40 heavy (non-hydrogen) atoms. The first-order valence-electron chi connectivity index (χ1n) is 14.9. The molecule has 0 aliphatic heterocycles. The molecule has 1 unspecified atom stereocenters. The minimum atomic E-state index is -0.117. The topological polar surface area (TPSA) is 54.8 Å². The number of hydrogen-bond donors (Lipinski definition) is 0. The Labute approximate surface area is 240 Å². The molecule has 1 heterocycles. The SMILES string of the molecule is CCCCOc1ccc(C(=O)N(CCCC)CC(=O)N(Cc2cccn2Cc2ccccc2C)C(C)CC)cc1. The molecule has 0 radical (unpaired) electrons. The van der Waals surface area contributed by atoms with E-state index in [0.29, 0.717) is 25.3 Å². The van der Waals surface area contributed by atoms with Gasteiger partial charge < -0.3 is 19.1 Å². The largest absolute Gasteiger partial charge is 0.494 e. The van der Waals surface area contributed by atoms with Crippen LogP contribution in [0.3, 0.4) is 0 Å². The zero-order valence-electron chi connectivity index (χ0n) is 25.1. The van der Waals surface area contributed by atoms with Crippen molar-refractivity contribution in [3.63, 3.8) is 0 Å². The number of ether oxygens (including phenoxy) is 1. The lowest BCUT2D eigenvalue weighted by atomic mass is 10.1. The van der Waals surface area contributed by atoms with E-state index in [4.69, 9.17) is 4.74 Å². The summed E-state index contributed by atoms with van der Waals surface area (Å²) in [7, 11) is 0. The second kappa shape index (κ2) is 15.9. The molecule has 0 aliphatic carbocycles. The molecule has 0 fully saturated rings. The first-order chi connectivity index (χ1) is 19.4. The lowest BCUT2D eigenvalue weighted by molar-refractivity contribution is -0.134. The zero-order chi connectivity index (χ0) is 28.9. The molecule has 2 amide bonds. The van der Waals surface area contributed by atoms with Crippen molar-refractivity contribution in [3.05, 3.63) is 89.2 Å². The summed E-state index contributed by atoms with van der Waals surface area (Å²) in [5, 5.41) is 0. The summed E-state index contributed by atoms with van der Waals surface area (Å²) in [5.41, 5.74) is 4.18. The second-order valence-corrected chi connectivity index (χ2v) is 10.6. The van der Waals surface area contributed by atoms with Crippen molar-refractivity contribution in [2.75, 3.05) is 19.7 Å². The van der Waals surface area contributed by atoms with Gasteiger partial charge in [-0.2, -0.15) is 0 Å². The lowest BCUT2D eigenvalue weighted by Gasteiger charge is -2.32. The smallest absolute Gasteiger partial charge is 0.254 e. The van der Waals surface area contributed by atoms with E-state index in [9.17, 15) is 9.59 Å². The van der Waals surface area contributed by atoms with Crippen LogP contribution in [0, 0.1) is 6.92 Å². The number of benzene rings is 2. The zero-order valence-corrected chi connectivity index (χ0v) is 25.1. The number of rotatable bonds is 16. The van der Waals surface area contributed by atoms with Gasteiger partial charge in [-0.1, -0.05) is 57.9 Å². The van der Waals surface area contributed by atoms with Crippen molar-refractivity contribution in [2.24, 2.45) is 0 Å². The van der Waals surface area contributed by atoms with Crippen LogP contribution in [0.2, 0.25) is 0 Å². The van der Waals surface area contributed by atoms with Crippen LogP contribution in [0.1, 0.15) is 87.0 Å². The molecule has 216 valence electrons.